The van der Waals surface area contributed by atoms with Gasteiger partial charge in [0.25, 0.3) is 0 Å². The molecule has 21 heavy (non-hydrogen) atoms. The summed E-state index contributed by atoms with van der Waals surface area (Å²) in [4.78, 5) is 4.40. The molecule has 114 valence electrons. The number of nitrogens with zero attached hydrogens (tertiary/aromatic N) is 2. The van der Waals surface area contributed by atoms with Gasteiger partial charge in [0.05, 0.1) is 5.69 Å². The van der Waals surface area contributed by atoms with E-state index in [-0.39, 0.29) is 0 Å². The third kappa shape index (κ3) is 5.36. The van der Waals surface area contributed by atoms with Crippen molar-refractivity contribution < 1.29 is 9.47 Å². The Bertz CT molecular complexity index is 561. The number of benzene rings is 1. The van der Waals surface area contributed by atoms with E-state index in [1.54, 1.807) is 0 Å². The van der Waals surface area contributed by atoms with Gasteiger partial charge in [-0.2, -0.15) is 0 Å². The van der Waals surface area contributed by atoms with Gasteiger partial charge in [-0.25, -0.2) is 4.98 Å². The van der Waals surface area contributed by atoms with Crippen LogP contribution in [0.4, 0.5) is 0 Å². The van der Waals surface area contributed by atoms with E-state index < -0.39 is 8.07 Å². The summed E-state index contributed by atoms with van der Waals surface area (Å²) >= 11 is 0. The summed E-state index contributed by atoms with van der Waals surface area (Å²) in [5, 5.41) is 0. The van der Waals surface area contributed by atoms with Crippen LogP contribution in [-0.4, -0.2) is 24.2 Å². The Labute approximate surface area is 127 Å². The fraction of sp³-hybridized carbons (Fsp3) is 0.438. The Morgan fingerprint density at radius 1 is 1.14 bits per heavy atom. The SMILES string of the molecule is Cc1cn(COCC[Si](C)(C)C)c(Oc2ccccc2)n1. The van der Waals surface area contributed by atoms with Crippen molar-refractivity contribution >= 4 is 8.07 Å². The number of hydrogen-bond donors (Lipinski definition) is 0. The molecule has 0 fully saturated rings. The van der Waals surface area contributed by atoms with Crippen molar-refractivity contribution in [2.75, 3.05) is 6.61 Å². The molecular weight excluding hydrogens is 280 g/mol. The van der Waals surface area contributed by atoms with Crippen LogP contribution in [-0.2, 0) is 11.5 Å². The third-order valence-electron chi connectivity index (χ3n) is 3.04. The fourth-order valence-corrected chi connectivity index (χ4v) is 2.59. The molecule has 1 aromatic heterocycles. The Kier molecular flexibility index (Phi) is 5.20. The Morgan fingerprint density at radius 3 is 2.52 bits per heavy atom. The molecule has 0 radical (unpaired) electrons. The zero-order chi connectivity index (χ0) is 15.3. The quantitative estimate of drug-likeness (QED) is 0.565. The maximum Gasteiger partial charge on any atom is 0.304 e. The minimum absolute atomic E-state index is 0.480. The van der Waals surface area contributed by atoms with Gasteiger partial charge < -0.3 is 9.47 Å². The first-order valence-electron chi connectivity index (χ1n) is 7.28. The van der Waals surface area contributed by atoms with Crippen LogP contribution in [0.2, 0.25) is 25.7 Å². The van der Waals surface area contributed by atoms with E-state index in [1.807, 2.05) is 48.0 Å². The van der Waals surface area contributed by atoms with E-state index in [0.717, 1.165) is 24.1 Å². The topological polar surface area (TPSA) is 36.3 Å². The summed E-state index contributed by atoms with van der Waals surface area (Å²) in [5.74, 6) is 0.784. The molecule has 0 bridgehead atoms. The first kappa shape index (κ1) is 15.8. The monoisotopic (exact) mass is 304 g/mol. The van der Waals surface area contributed by atoms with Crippen molar-refractivity contribution in [2.24, 2.45) is 0 Å². The van der Waals surface area contributed by atoms with E-state index in [9.17, 15) is 0 Å². The summed E-state index contributed by atoms with van der Waals surface area (Å²) in [6.45, 7) is 10.3. The Balaban J connectivity index is 1.94. The number of imidazole rings is 1. The van der Waals surface area contributed by atoms with Gasteiger partial charge in [-0.3, -0.25) is 4.57 Å². The van der Waals surface area contributed by atoms with E-state index in [2.05, 4.69) is 24.6 Å². The molecule has 0 unspecified atom stereocenters. The maximum atomic E-state index is 5.81. The largest absolute Gasteiger partial charge is 0.425 e. The number of rotatable bonds is 7. The zero-order valence-corrected chi connectivity index (χ0v) is 14.3. The number of hydrogen-bond acceptors (Lipinski definition) is 3. The van der Waals surface area contributed by atoms with Crippen molar-refractivity contribution in [3.63, 3.8) is 0 Å². The summed E-state index contributed by atoms with van der Waals surface area (Å²) in [7, 11) is -1.05. The van der Waals surface area contributed by atoms with E-state index >= 15 is 0 Å². The summed E-state index contributed by atoms with van der Waals surface area (Å²) in [6.07, 6.45) is 1.95. The molecule has 0 aliphatic rings. The molecule has 0 aliphatic heterocycles. The van der Waals surface area contributed by atoms with Crippen LogP contribution in [0.15, 0.2) is 36.5 Å². The minimum Gasteiger partial charge on any atom is -0.425 e. The molecule has 2 rings (SSSR count). The lowest BCUT2D eigenvalue weighted by Gasteiger charge is -2.16. The van der Waals surface area contributed by atoms with Crippen molar-refractivity contribution in [1.29, 1.82) is 0 Å². The predicted octanol–water partition coefficient (Wildman–Crippen LogP) is 4.30. The Morgan fingerprint density at radius 2 is 1.86 bits per heavy atom. The standard InChI is InChI=1S/C16H24N2O2Si/c1-14-12-18(13-19-10-11-21(2,3)4)16(17-14)20-15-8-6-5-7-9-15/h5-9,12H,10-11,13H2,1-4H3. The molecule has 4 nitrogen and oxygen atoms in total. The van der Waals surface area contributed by atoms with Gasteiger partial charge in [0, 0.05) is 20.9 Å². The number of para-hydroxylation sites is 1. The van der Waals surface area contributed by atoms with Crippen molar-refractivity contribution in [2.45, 2.75) is 39.3 Å². The van der Waals surface area contributed by atoms with Gasteiger partial charge in [0.1, 0.15) is 12.5 Å². The van der Waals surface area contributed by atoms with E-state index in [4.69, 9.17) is 9.47 Å². The Hall–Kier alpha value is -1.59. The smallest absolute Gasteiger partial charge is 0.304 e. The fourth-order valence-electron chi connectivity index (χ4n) is 1.83. The van der Waals surface area contributed by atoms with E-state index in [1.165, 1.54) is 0 Å². The molecule has 5 heteroatoms. The van der Waals surface area contributed by atoms with Crippen LogP contribution in [0.5, 0.6) is 11.8 Å². The van der Waals surface area contributed by atoms with Gasteiger partial charge in [-0.05, 0) is 25.1 Å². The lowest BCUT2D eigenvalue weighted by molar-refractivity contribution is 0.0821. The minimum atomic E-state index is -1.05. The molecule has 0 amide bonds. The number of aryl methyl sites for hydroxylation is 1. The molecule has 0 N–H and O–H groups in total. The lowest BCUT2D eigenvalue weighted by atomic mass is 10.3. The molecular formula is C16H24N2O2Si. The average molecular weight is 304 g/mol. The molecule has 0 saturated heterocycles. The van der Waals surface area contributed by atoms with Gasteiger partial charge >= 0.3 is 6.01 Å². The highest BCUT2D eigenvalue weighted by atomic mass is 28.3. The van der Waals surface area contributed by atoms with Gasteiger partial charge in [-0.15, -0.1) is 0 Å². The molecule has 0 atom stereocenters. The van der Waals surface area contributed by atoms with Crippen molar-refractivity contribution in [3.8, 4) is 11.8 Å². The first-order valence-corrected chi connectivity index (χ1v) is 11.0. The maximum absolute atomic E-state index is 5.81. The number of ether oxygens (including phenoxy) is 2. The second-order valence-corrected chi connectivity index (χ2v) is 12.0. The van der Waals surface area contributed by atoms with Crippen LogP contribution in [0, 0.1) is 6.92 Å². The van der Waals surface area contributed by atoms with Gasteiger partial charge in [-0.1, -0.05) is 37.8 Å². The first-order chi connectivity index (χ1) is 9.94. The second-order valence-electron chi connectivity index (χ2n) is 6.40. The predicted molar refractivity (Wildman–Crippen MR) is 87.6 cm³/mol. The zero-order valence-electron chi connectivity index (χ0n) is 13.3. The molecule has 2 aromatic rings. The molecule has 0 aliphatic carbocycles. The second kappa shape index (κ2) is 6.91. The van der Waals surface area contributed by atoms with Crippen molar-refractivity contribution in [3.05, 3.63) is 42.2 Å². The lowest BCUT2D eigenvalue weighted by Crippen LogP contribution is -2.22. The van der Waals surface area contributed by atoms with Crippen LogP contribution >= 0.6 is 0 Å². The highest BCUT2D eigenvalue weighted by Gasteiger charge is 2.13. The van der Waals surface area contributed by atoms with Crippen LogP contribution in [0.1, 0.15) is 5.69 Å². The van der Waals surface area contributed by atoms with Gasteiger partial charge in [0.2, 0.25) is 0 Å². The normalized spacial score (nSPS) is 11.6. The molecule has 1 aromatic carbocycles. The third-order valence-corrected chi connectivity index (χ3v) is 4.74. The average Bonchev–Trinajstić information content (AvgIpc) is 2.75. The van der Waals surface area contributed by atoms with Crippen LogP contribution < -0.4 is 4.74 Å². The molecule has 0 spiro atoms. The number of aromatic nitrogens is 2. The van der Waals surface area contributed by atoms with Crippen molar-refractivity contribution in [1.82, 2.24) is 9.55 Å². The summed E-state index contributed by atoms with van der Waals surface area (Å²) in [6, 6.07) is 11.4. The van der Waals surface area contributed by atoms with Gasteiger partial charge in [0.15, 0.2) is 0 Å². The molecule has 0 saturated carbocycles. The van der Waals surface area contributed by atoms with Crippen LogP contribution in [0.3, 0.4) is 0 Å². The van der Waals surface area contributed by atoms with E-state index in [0.29, 0.717) is 12.7 Å². The summed E-state index contributed by atoms with van der Waals surface area (Å²) in [5.41, 5.74) is 0.926. The molecule has 1 heterocycles. The highest BCUT2D eigenvalue weighted by Crippen LogP contribution is 2.20. The highest BCUT2D eigenvalue weighted by molar-refractivity contribution is 6.76. The summed E-state index contributed by atoms with van der Waals surface area (Å²) < 4.78 is 13.5. The van der Waals surface area contributed by atoms with Crippen LogP contribution in [0.25, 0.3) is 0 Å².